The lowest BCUT2D eigenvalue weighted by Gasteiger charge is -2.16. The van der Waals surface area contributed by atoms with Gasteiger partial charge in [-0.25, -0.2) is 17.8 Å². The number of hydrogen-bond donors (Lipinski definition) is 1. The van der Waals surface area contributed by atoms with Crippen LogP contribution in [0.1, 0.15) is 5.56 Å². The van der Waals surface area contributed by atoms with Crippen molar-refractivity contribution >= 4 is 27.3 Å². The zero-order chi connectivity index (χ0) is 18.6. The largest absolute Gasteiger partial charge is 0.340 e. The second-order valence-corrected chi connectivity index (χ2v) is 8.58. The topological polar surface area (TPSA) is 84.3 Å². The van der Waals surface area contributed by atoms with Crippen LogP contribution in [0.3, 0.4) is 0 Å². The predicted octanol–water partition coefficient (Wildman–Crippen LogP) is 1.87. The van der Waals surface area contributed by atoms with Crippen LogP contribution in [0.15, 0.2) is 64.4 Å². The number of thiophene rings is 1. The number of nitrogens with zero attached hydrogens (tertiary/aromatic N) is 3. The third-order valence-corrected chi connectivity index (χ3v) is 6.47. The van der Waals surface area contributed by atoms with Gasteiger partial charge < -0.3 is 4.90 Å². The maximum atomic E-state index is 12.2. The Morgan fingerprint density at radius 2 is 2.00 bits per heavy atom. The molecule has 0 radical (unpaired) electrons. The number of amides is 1. The first kappa shape index (κ1) is 18.3. The van der Waals surface area contributed by atoms with Gasteiger partial charge in [-0.2, -0.15) is 5.10 Å². The molecular formula is C17H18N4O3S2. The molecule has 0 atom stereocenters. The van der Waals surface area contributed by atoms with Crippen LogP contribution in [0.25, 0.3) is 5.69 Å². The lowest BCUT2D eigenvalue weighted by Crippen LogP contribution is -2.37. The molecule has 0 fully saturated rings. The molecule has 3 aromatic rings. The molecule has 26 heavy (non-hydrogen) atoms. The molecular weight excluding hydrogens is 372 g/mol. The highest BCUT2D eigenvalue weighted by atomic mass is 32.2. The molecule has 1 amide bonds. The first-order valence-corrected chi connectivity index (χ1v) is 10.2. The molecule has 2 heterocycles. The van der Waals surface area contributed by atoms with Crippen molar-refractivity contribution in [3.8, 4) is 5.69 Å². The van der Waals surface area contributed by atoms with E-state index >= 15 is 0 Å². The molecule has 0 aliphatic rings. The van der Waals surface area contributed by atoms with Crippen molar-refractivity contribution in [1.29, 1.82) is 0 Å². The highest BCUT2D eigenvalue weighted by molar-refractivity contribution is 7.91. The van der Waals surface area contributed by atoms with Gasteiger partial charge in [0.05, 0.1) is 18.4 Å². The summed E-state index contributed by atoms with van der Waals surface area (Å²) in [4.78, 5) is 13.7. The fourth-order valence-electron chi connectivity index (χ4n) is 2.30. The molecule has 9 heteroatoms. The molecule has 0 spiro atoms. The Labute approximate surface area is 155 Å². The number of benzene rings is 1. The number of sulfonamides is 1. The van der Waals surface area contributed by atoms with Gasteiger partial charge in [0.25, 0.3) is 10.0 Å². The number of nitrogens with one attached hydrogen (secondary N) is 1. The summed E-state index contributed by atoms with van der Waals surface area (Å²) in [6.07, 6.45) is 3.53. The first-order chi connectivity index (χ1) is 12.5. The van der Waals surface area contributed by atoms with E-state index in [1.165, 1.54) is 11.0 Å². The summed E-state index contributed by atoms with van der Waals surface area (Å²) < 4.78 is 28.4. The number of carbonyl (C=O) groups excluding carboxylic acids is 1. The minimum Gasteiger partial charge on any atom is -0.340 e. The van der Waals surface area contributed by atoms with Gasteiger partial charge in [-0.3, -0.25) is 4.79 Å². The van der Waals surface area contributed by atoms with E-state index in [4.69, 9.17) is 0 Å². The van der Waals surface area contributed by atoms with Crippen molar-refractivity contribution in [3.05, 3.63) is 65.8 Å². The minimum absolute atomic E-state index is 0.192. The van der Waals surface area contributed by atoms with Crippen molar-refractivity contribution in [2.24, 2.45) is 0 Å². The Bertz CT molecular complexity index is 967. The van der Waals surface area contributed by atoms with E-state index in [1.807, 2.05) is 36.5 Å². The summed E-state index contributed by atoms with van der Waals surface area (Å²) in [6, 6.07) is 12.8. The first-order valence-electron chi connectivity index (χ1n) is 7.82. The van der Waals surface area contributed by atoms with Crippen molar-refractivity contribution < 1.29 is 13.2 Å². The highest BCUT2D eigenvalue weighted by Crippen LogP contribution is 2.15. The molecule has 0 bridgehead atoms. The van der Waals surface area contributed by atoms with E-state index in [-0.39, 0.29) is 16.7 Å². The van der Waals surface area contributed by atoms with Gasteiger partial charge in [0, 0.05) is 25.4 Å². The Morgan fingerprint density at radius 1 is 1.23 bits per heavy atom. The number of para-hydroxylation sites is 1. The summed E-state index contributed by atoms with van der Waals surface area (Å²) >= 11 is 1.11. The van der Waals surface area contributed by atoms with E-state index in [0.717, 1.165) is 22.6 Å². The maximum absolute atomic E-state index is 12.2. The Morgan fingerprint density at radius 3 is 2.69 bits per heavy atom. The van der Waals surface area contributed by atoms with E-state index in [9.17, 15) is 13.2 Å². The second-order valence-electron chi connectivity index (χ2n) is 5.64. The fraction of sp³-hybridized carbons (Fsp3) is 0.176. The molecule has 1 aromatic carbocycles. The normalized spacial score (nSPS) is 11.4. The molecule has 136 valence electrons. The fourth-order valence-corrected chi connectivity index (χ4v) is 4.32. The van der Waals surface area contributed by atoms with Crippen LogP contribution in [0.2, 0.25) is 0 Å². The van der Waals surface area contributed by atoms with Crippen LogP contribution in [-0.4, -0.2) is 42.6 Å². The van der Waals surface area contributed by atoms with Crippen LogP contribution in [0.4, 0.5) is 0 Å². The summed E-state index contributed by atoms with van der Waals surface area (Å²) in [7, 11) is -2.02. The highest BCUT2D eigenvalue weighted by Gasteiger charge is 2.18. The van der Waals surface area contributed by atoms with E-state index in [2.05, 4.69) is 9.82 Å². The predicted molar refractivity (Wildman–Crippen MR) is 99.5 cm³/mol. The Balaban J connectivity index is 1.57. The number of rotatable bonds is 7. The van der Waals surface area contributed by atoms with Gasteiger partial charge in [0.1, 0.15) is 4.21 Å². The van der Waals surface area contributed by atoms with Crippen molar-refractivity contribution in [2.45, 2.75) is 10.8 Å². The number of carbonyl (C=O) groups is 1. The summed E-state index contributed by atoms with van der Waals surface area (Å²) in [5.41, 5.74) is 1.78. The third-order valence-electron chi connectivity index (χ3n) is 3.68. The molecule has 1 N–H and O–H groups in total. The summed E-state index contributed by atoms with van der Waals surface area (Å²) in [6.45, 7) is 0.0515. The monoisotopic (exact) mass is 390 g/mol. The third kappa shape index (κ3) is 4.37. The number of aromatic nitrogens is 2. The summed E-state index contributed by atoms with van der Waals surface area (Å²) in [5.74, 6) is -0.322. The van der Waals surface area contributed by atoms with Gasteiger partial charge >= 0.3 is 0 Å². The van der Waals surface area contributed by atoms with Crippen LogP contribution in [-0.2, 0) is 21.4 Å². The van der Waals surface area contributed by atoms with Crippen molar-refractivity contribution in [2.75, 3.05) is 13.6 Å². The average molecular weight is 390 g/mol. The van der Waals surface area contributed by atoms with Crippen LogP contribution in [0, 0.1) is 0 Å². The van der Waals surface area contributed by atoms with Crippen LogP contribution < -0.4 is 4.72 Å². The van der Waals surface area contributed by atoms with Gasteiger partial charge in [-0.05, 0) is 23.6 Å². The second kappa shape index (κ2) is 7.81. The molecule has 0 saturated carbocycles. The van der Waals surface area contributed by atoms with E-state index in [0.29, 0.717) is 6.54 Å². The van der Waals surface area contributed by atoms with Crippen LogP contribution >= 0.6 is 11.3 Å². The number of likely N-dealkylation sites (N-methyl/N-ethyl adjacent to an activating group) is 1. The Hall–Kier alpha value is -2.49. The minimum atomic E-state index is -3.65. The zero-order valence-electron chi connectivity index (χ0n) is 14.1. The van der Waals surface area contributed by atoms with Crippen LogP contribution in [0.5, 0.6) is 0 Å². The molecule has 0 saturated heterocycles. The van der Waals surface area contributed by atoms with Gasteiger partial charge in [0.2, 0.25) is 5.91 Å². The average Bonchev–Trinajstić information content (AvgIpc) is 3.33. The molecule has 0 aliphatic carbocycles. The van der Waals surface area contributed by atoms with Gasteiger partial charge in [0.15, 0.2) is 0 Å². The number of hydrogen-bond acceptors (Lipinski definition) is 5. The lowest BCUT2D eigenvalue weighted by molar-refractivity contribution is -0.129. The van der Waals surface area contributed by atoms with Crippen molar-refractivity contribution in [1.82, 2.24) is 19.4 Å². The van der Waals surface area contributed by atoms with Gasteiger partial charge in [-0.15, -0.1) is 11.3 Å². The maximum Gasteiger partial charge on any atom is 0.250 e. The SMILES string of the molecule is CN(Cc1cnn(-c2ccccc2)c1)C(=O)CNS(=O)(=O)c1cccs1. The molecule has 2 aromatic heterocycles. The molecule has 3 rings (SSSR count). The van der Waals surface area contributed by atoms with Crippen molar-refractivity contribution in [3.63, 3.8) is 0 Å². The summed E-state index contributed by atoms with van der Waals surface area (Å²) in [5, 5.41) is 5.96. The molecule has 7 nitrogen and oxygen atoms in total. The van der Waals surface area contributed by atoms with E-state index < -0.39 is 10.0 Å². The zero-order valence-corrected chi connectivity index (χ0v) is 15.7. The quantitative estimate of drug-likeness (QED) is 0.667. The smallest absolute Gasteiger partial charge is 0.250 e. The molecule has 0 unspecified atom stereocenters. The van der Waals surface area contributed by atoms with E-state index in [1.54, 1.807) is 29.4 Å². The van der Waals surface area contributed by atoms with Gasteiger partial charge in [-0.1, -0.05) is 24.3 Å². The lowest BCUT2D eigenvalue weighted by atomic mass is 10.3. The Kier molecular flexibility index (Phi) is 5.50. The standard InChI is InChI=1S/C17H18N4O3S2/c1-20(16(22)11-19-26(23,24)17-8-5-9-25-17)12-14-10-18-21(13-14)15-6-3-2-4-7-15/h2-10,13,19H,11-12H2,1H3. The molecule has 0 aliphatic heterocycles.